The molecule has 1 aromatic heterocycles. The Labute approximate surface area is 129 Å². The van der Waals surface area contributed by atoms with Gasteiger partial charge in [-0.2, -0.15) is 0 Å². The molecule has 0 fully saturated rings. The van der Waals surface area contributed by atoms with Crippen LogP contribution in [0.3, 0.4) is 0 Å². The van der Waals surface area contributed by atoms with Crippen molar-refractivity contribution in [2.45, 2.75) is 13.8 Å². The van der Waals surface area contributed by atoms with Crippen LogP contribution in [-0.4, -0.2) is 17.6 Å². The van der Waals surface area contributed by atoms with Crippen LogP contribution in [0.15, 0.2) is 54.7 Å². The van der Waals surface area contributed by atoms with Gasteiger partial charge in [0.05, 0.1) is 17.7 Å². The molecular formula is C19H17NO2. The van der Waals surface area contributed by atoms with Gasteiger partial charge in [0.2, 0.25) is 0 Å². The van der Waals surface area contributed by atoms with E-state index < -0.39 is 0 Å². The molecule has 0 atom stereocenters. The van der Waals surface area contributed by atoms with Crippen LogP contribution < -0.4 is 0 Å². The van der Waals surface area contributed by atoms with Gasteiger partial charge in [-0.1, -0.05) is 36.4 Å². The van der Waals surface area contributed by atoms with Crippen molar-refractivity contribution < 1.29 is 9.53 Å². The lowest BCUT2D eigenvalue weighted by molar-refractivity contribution is 0.0528. The van der Waals surface area contributed by atoms with Gasteiger partial charge in [0, 0.05) is 17.1 Å². The number of benzene rings is 2. The van der Waals surface area contributed by atoms with E-state index in [1.807, 2.05) is 68.6 Å². The number of carbonyl (C=O) groups excluding carboxylic acids is 1. The molecule has 0 aliphatic carbocycles. The van der Waals surface area contributed by atoms with Gasteiger partial charge in [-0.3, -0.25) is 4.98 Å². The van der Waals surface area contributed by atoms with Crippen LogP contribution in [0.1, 0.15) is 22.8 Å². The van der Waals surface area contributed by atoms with Crippen molar-refractivity contribution in [2.75, 3.05) is 6.61 Å². The van der Waals surface area contributed by atoms with Crippen molar-refractivity contribution in [3.05, 3.63) is 65.9 Å². The smallest absolute Gasteiger partial charge is 0.338 e. The minimum atomic E-state index is -0.306. The zero-order valence-corrected chi connectivity index (χ0v) is 12.7. The topological polar surface area (TPSA) is 39.2 Å². The molecule has 0 aliphatic rings. The van der Waals surface area contributed by atoms with Gasteiger partial charge in [-0.15, -0.1) is 0 Å². The summed E-state index contributed by atoms with van der Waals surface area (Å²) in [4.78, 5) is 16.7. The summed E-state index contributed by atoms with van der Waals surface area (Å²) in [6.45, 7) is 4.16. The number of hydrogen-bond acceptors (Lipinski definition) is 3. The summed E-state index contributed by atoms with van der Waals surface area (Å²) < 4.78 is 5.15. The first-order valence-electron chi connectivity index (χ1n) is 7.32. The van der Waals surface area contributed by atoms with E-state index in [0.717, 1.165) is 27.6 Å². The summed E-state index contributed by atoms with van der Waals surface area (Å²) in [6, 6.07) is 15.7. The second-order valence-corrected chi connectivity index (χ2v) is 5.14. The Morgan fingerprint density at radius 2 is 1.86 bits per heavy atom. The predicted molar refractivity (Wildman–Crippen MR) is 87.9 cm³/mol. The molecular weight excluding hydrogens is 274 g/mol. The largest absolute Gasteiger partial charge is 0.462 e. The number of ether oxygens (including phenoxy) is 1. The number of aryl methyl sites for hydroxylation is 1. The molecule has 3 nitrogen and oxygen atoms in total. The average Bonchev–Trinajstić information content (AvgIpc) is 2.56. The molecule has 0 radical (unpaired) electrons. The SMILES string of the molecule is CCOC(=O)c1ccc(C)c2ncc(-c3ccccc3)cc12. The second kappa shape index (κ2) is 5.98. The monoisotopic (exact) mass is 291 g/mol. The zero-order chi connectivity index (χ0) is 15.5. The van der Waals surface area contributed by atoms with Crippen LogP contribution in [0.4, 0.5) is 0 Å². The van der Waals surface area contributed by atoms with Crippen LogP contribution in [-0.2, 0) is 4.74 Å². The lowest BCUT2D eigenvalue weighted by atomic mass is 10.0. The lowest BCUT2D eigenvalue weighted by Gasteiger charge is -2.10. The standard InChI is InChI=1S/C19H17NO2/c1-3-22-19(21)16-10-9-13(2)18-17(16)11-15(12-20-18)14-7-5-4-6-8-14/h4-12H,3H2,1-2H3. The Balaban J connectivity index is 2.21. The lowest BCUT2D eigenvalue weighted by Crippen LogP contribution is -2.06. The minimum absolute atomic E-state index is 0.306. The van der Waals surface area contributed by atoms with Gasteiger partial charge >= 0.3 is 5.97 Å². The molecule has 1 heterocycles. The summed E-state index contributed by atoms with van der Waals surface area (Å²) in [6.07, 6.45) is 1.85. The van der Waals surface area contributed by atoms with Crippen LogP contribution in [0.2, 0.25) is 0 Å². The zero-order valence-electron chi connectivity index (χ0n) is 12.7. The molecule has 0 aliphatic heterocycles. The molecule has 22 heavy (non-hydrogen) atoms. The normalized spacial score (nSPS) is 10.6. The van der Waals surface area contributed by atoms with E-state index >= 15 is 0 Å². The molecule has 0 saturated carbocycles. The molecule has 0 saturated heterocycles. The Morgan fingerprint density at radius 1 is 1.09 bits per heavy atom. The predicted octanol–water partition coefficient (Wildman–Crippen LogP) is 4.39. The van der Waals surface area contributed by atoms with Gasteiger partial charge < -0.3 is 4.74 Å². The Kier molecular flexibility index (Phi) is 3.88. The maximum Gasteiger partial charge on any atom is 0.338 e. The highest BCUT2D eigenvalue weighted by Gasteiger charge is 2.14. The molecule has 0 bridgehead atoms. The summed E-state index contributed by atoms with van der Waals surface area (Å²) in [5.41, 5.74) is 4.51. The van der Waals surface area contributed by atoms with E-state index in [4.69, 9.17) is 4.74 Å². The van der Waals surface area contributed by atoms with Gasteiger partial charge in [0.25, 0.3) is 0 Å². The van der Waals surface area contributed by atoms with Crippen molar-refractivity contribution in [2.24, 2.45) is 0 Å². The number of esters is 1. The van der Waals surface area contributed by atoms with Crippen LogP contribution in [0, 0.1) is 6.92 Å². The average molecular weight is 291 g/mol. The maximum absolute atomic E-state index is 12.2. The Bertz CT molecular complexity index is 825. The number of pyridine rings is 1. The number of aromatic nitrogens is 1. The maximum atomic E-state index is 12.2. The fourth-order valence-electron chi connectivity index (χ4n) is 2.54. The third-order valence-corrected chi connectivity index (χ3v) is 3.65. The number of fused-ring (bicyclic) bond motifs is 1. The number of nitrogens with zero attached hydrogens (tertiary/aromatic N) is 1. The van der Waals surface area contributed by atoms with Gasteiger partial charge in [-0.25, -0.2) is 4.79 Å². The Hall–Kier alpha value is -2.68. The molecule has 0 spiro atoms. The molecule has 110 valence electrons. The van der Waals surface area contributed by atoms with E-state index in [1.54, 1.807) is 0 Å². The van der Waals surface area contributed by atoms with E-state index in [2.05, 4.69) is 4.98 Å². The summed E-state index contributed by atoms with van der Waals surface area (Å²) >= 11 is 0. The van der Waals surface area contributed by atoms with Crippen molar-refractivity contribution >= 4 is 16.9 Å². The number of carbonyl (C=O) groups is 1. The highest BCUT2D eigenvalue weighted by molar-refractivity contribution is 6.05. The van der Waals surface area contributed by atoms with Crippen LogP contribution in [0.25, 0.3) is 22.0 Å². The third kappa shape index (κ3) is 2.58. The molecule has 0 amide bonds. The molecule has 3 heteroatoms. The molecule has 3 rings (SSSR count). The third-order valence-electron chi connectivity index (χ3n) is 3.65. The number of rotatable bonds is 3. The van der Waals surface area contributed by atoms with Crippen molar-refractivity contribution in [3.8, 4) is 11.1 Å². The van der Waals surface area contributed by atoms with Crippen molar-refractivity contribution in [3.63, 3.8) is 0 Å². The molecule has 0 unspecified atom stereocenters. The van der Waals surface area contributed by atoms with Gasteiger partial charge in [0.15, 0.2) is 0 Å². The highest BCUT2D eigenvalue weighted by Crippen LogP contribution is 2.27. The first-order valence-corrected chi connectivity index (χ1v) is 7.32. The number of hydrogen-bond donors (Lipinski definition) is 0. The molecule has 2 aromatic carbocycles. The van der Waals surface area contributed by atoms with E-state index in [1.165, 1.54) is 0 Å². The van der Waals surface area contributed by atoms with Gasteiger partial charge in [0.1, 0.15) is 0 Å². The fourth-order valence-corrected chi connectivity index (χ4v) is 2.54. The van der Waals surface area contributed by atoms with Crippen LogP contribution >= 0.6 is 0 Å². The first-order chi connectivity index (χ1) is 10.7. The highest BCUT2D eigenvalue weighted by atomic mass is 16.5. The van der Waals surface area contributed by atoms with E-state index in [9.17, 15) is 4.79 Å². The van der Waals surface area contributed by atoms with Crippen molar-refractivity contribution in [1.29, 1.82) is 0 Å². The van der Waals surface area contributed by atoms with E-state index in [0.29, 0.717) is 12.2 Å². The van der Waals surface area contributed by atoms with Gasteiger partial charge in [-0.05, 0) is 37.1 Å². The summed E-state index contributed by atoms with van der Waals surface area (Å²) in [5.74, 6) is -0.306. The summed E-state index contributed by atoms with van der Waals surface area (Å²) in [5, 5.41) is 0.833. The van der Waals surface area contributed by atoms with Crippen molar-refractivity contribution in [1.82, 2.24) is 4.98 Å². The quantitative estimate of drug-likeness (QED) is 0.672. The fraction of sp³-hybridized carbons (Fsp3) is 0.158. The molecule has 3 aromatic rings. The minimum Gasteiger partial charge on any atom is -0.462 e. The first kappa shape index (κ1) is 14.3. The van der Waals surface area contributed by atoms with Crippen LogP contribution in [0.5, 0.6) is 0 Å². The summed E-state index contributed by atoms with van der Waals surface area (Å²) in [7, 11) is 0. The molecule has 0 N–H and O–H groups in total. The Morgan fingerprint density at radius 3 is 2.59 bits per heavy atom. The second-order valence-electron chi connectivity index (χ2n) is 5.14. The van der Waals surface area contributed by atoms with E-state index in [-0.39, 0.29) is 5.97 Å².